The average molecular weight is 430 g/mol. The van der Waals surface area contributed by atoms with E-state index in [2.05, 4.69) is 25.1 Å². The Hall–Kier alpha value is -1.92. The zero-order valence-electron chi connectivity index (χ0n) is 17.0. The minimum absolute atomic E-state index is 0.482. The van der Waals surface area contributed by atoms with Crippen LogP contribution in [-0.2, 0) is 17.6 Å². The van der Waals surface area contributed by atoms with Gasteiger partial charge in [-0.15, -0.1) is 11.8 Å². The molecule has 0 amide bonds. The minimum atomic E-state index is -1.45. The van der Waals surface area contributed by atoms with Gasteiger partial charge in [-0.25, -0.2) is 0 Å². The maximum atomic E-state index is 10.5. The Morgan fingerprint density at radius 2 is 1.70 bits per heavy atom. The highest BCUT2D eigenvalue weighted by Crippen LogP contribution is 2.36. The highest BCUT2D eigenvalue weighted by Gasteiger charge is 2.44. The molecule has 6 nitrogen and oxygen atoms in total. The Morgan fingerprint density at radius 1 is 1.03 bits per heavy atom. The van der Waals surface area contributed by atoms with Crippen molar-refractivity contribution in [3.8, 4) is 6.07 Å². The lowest BCUT2D eigenvalue weighted by molar-refractivity contribution is -0.231. The first-order valence-electron chi connectivity index (χ1n) is 9.92. The van der Waals surface area contributed by atoms with Crippen molar-refractivity contribution in [1.29, 1.82) is 5.26 Å². The molecule has 2 aromatic carbocycles. The summed E-state index contributed by atoms with van der Waals surface area (Å²) in [5.74, 6) is 0. The molecule has 1 aliphatic heterocycles. The minimum Gasteiger partial charge on any atom is -0.394 e. The summed E-state index contributed by atoms with van der Waals surface area (Å²) in [7, 11) is 0. The van der Waals surface area contributed by atoms with E-state index in [9.17, 15) is 25.7 Å². The number of aryl methyl sites for hydroxylation is 1. The van der Waals surface area contributed by atoms with Crippen LogP contribution in [0.3, 0.4) is 0 Å². The molecule has 1 fully saturated rings. The van der Waals surface area contributed by atoms with E-state index in [1.54, 1.807) is 12.1 Å². The van der Waals surface area contributed by atoms with Crippen molar-refractivity contribution >= 4 is 11.8 Å². The van der Waals surface area contributed by atoms with Crippen molar-refractivity contribution in [1.82, 2.24) is 0 Å². The quantitative estimate of drug-likeness (QED) is 0.519. The summed E-state index contributed by atoms with van der Waals surface area (Å²) >= 11 is 1.42. The molecule has 4 N–H and O–H groups in total. The first kappa shape index (κ1) is 22.8. The number of hydrogen-bond donors (Lipinski definition) is 4. The number of hydrogen-bond acceptors (Lipinski definition) is 7. The molecule has 1 saturated heterocycles. The largest absolute Gasteiger partial charge is 0.394 e. The average Bonchev–Trinajstić information content (AvgIpc) is 2.77. The second-order valence-corrected chi connectivity index (χ2v) is 8.31. The van der Waals surface area contributed by atoms with Crippen LogP contribution in [0.25, 0.3) is 0 Å². The molecule has 3 rings (SSSR count). The molecule has 0 aromatic heterocycles. The molecule has 30 heavy (non-hydrogen) atoms. The van der Waals surface area contributed by atoms with Gasteiger partial charge in [-0.1, -0.05) is 37.3 Å². The maximum Gasteiger partial charge on any atom is 0.113 e. The summed E-state index contributed by atoms with van der Waals surface area (Å²) in [4.78, 5) is 0.743. The number of nitriles is 1. The first-order chi connectivity index (χ1) is 14.4. The zero-order chi connectivity index (χ0) is 21.8. The van der Waals surface area contributed by atoms with Crippen molar-refractivity contribution in [2.45, 2.75) is 55.2 Å². The van der Waals surface area contributed by atoms with Gasteiger partial charge < -0.3 is 25.2 Å². The van der Waals surface area contributed by atoms with E-state index in [1.807, 2.05) is 18.4 Å². The fraction of sp³-hybridized carbons (Fsp3) is 0.435. The lowest BCUT2D eigenvalue weighted by Gasteiger charge is -2.40. The van der Waals surface area contributed by atoms with E-state index in [4.69, 9.17) is 4.74 Å². The van der Waals surface area contributed by atoms with E-state index < -0.39 is 37.1 Å². The summed E-state index contributed by atoms with van der Waals surface area (Å²) in [6, 6.07) is 14.1. The van der Waals surface area contributed by atoms with Crippen LogP contribution in [-0.4, -0.2) is 57.7 Å². The van der Waals surface area contributed by atoms with Gasteiger partial charge >= 0.3 is 0 Å². The van der Waals surface area contributed by atoms with E-state index in [0.717, 1.165) is 22.4 Å². The molecule has 7 heteroatoms. The van der Waals surface area contributed by atoms with Crippen molar-refractivity contribution in [2.75, 3.05) is 12.9 Å². The van der Waals surface area contributed by atoms with Crippen LogP contribution in [0.2, 0.25) is 0 Å². The normalized spacial score (nSPS) is 26.4. The van der Waals surface area contributed by atoms with E-state index in [1.165, 1.54) is 17.3 Å². The molecule has 0 bridgehead atoms. The monoisotopic (exact) mass is 429 g/mol. The van der Waals surface area contributed by atoms with Gasteiger partial charge in [0.1, 0.15) is 36.6 Å². The molecule has 1 heterocycles. The summed E-state index contributed by atoms with van der Waals surface area (Å²) in [5.41, 5.74) is 4.24. The molecule has 1 aliphatic rings. The van der Waals surface area contributed by atoms with Gasteiger partial charge in [0.15, 0.2) is 0 Å². The maximum absolute atomic E-state index is 10.5. The first-order valence-corrected chi connectivity index (χ1v) is 11.1. The Kier molecular flexibility index (Phi) is 7.53. The fourth-order valence-electron chi connectivity index (χ4n) is 3.78. The van der Waals surface area contributed by atoms with Gasteiger partial charge in [0.25, 0.3) is 0 Å². The summed E-state index contributed by atoms with van der Waals surface area (Å²) < 4.78 is 5.72. The number of nitrogens with zero attached hydrogens (tertiary/aromatic N) is 1. The molecule has 5 atom stereocenters. The molecule has 0 aliphatic carbocycles. The highest BCUT2D eigenvalue weighted by molar-refractivity contribution is 7.98. The van der Waals surface area contributed by atoms with Crippen LogP contribution in [0.4, 0.5) is 0 Å². The molecule has 0 radical (unpaired) electrons. The number of ether oxygens (including phenoxy) is 1. The topological polar surface area (TPSA) is 114 Å². The smallest absolute Gasteiger partial charge is 0.113 e. The Balaban J connectivity index is 2.01. The zero-order valence-corrected chi connectivity index (χ0v) is 17.8. The molecule has 0 spiro atoms. The molecular weight excluding hydrogens is 402 g/mol. The van der Waals surface area contributed by atoms with Gasteiger partial charge in [-0.3, -0.25) is 0 Å². The van der Waals surface area contributed by atoms with Crippen molar-refractivity contribution in [3.63, 3.8) is 0 Å². The van der Waals surface area contributed by atoms with E-state index >= 15 is 0 Å². The van der Waals surface area contributed by atoms with Crippen molar-refractivity contribution < 1.29 is 25.2 Å². The van der Waals surface area contributed by atoms with Crippen LogP contribution in [0, 0.1) is 11.3 Å². The van der Waals surface area contributed by atoms with Crippen LogP contribution in [0.15, 0.2) is 41.3 Å². The summed E-state index contributed by atoms with van der Waals surface area (Å²) in [6.45, 7) is 1.61. The van der Waals surface area contributed by atoms with Crippen LogP contribution in [0.1, 0.15) is 40.8 Å². The van der Waals surface area contributed by atoms with Gasteiger partial charge in [-0.05, 0) is 47.4 Å². The molecular formula is C23H27NO5S. The number of aliphatic hydroxyl groups is 4. The number of benzene rings is 2. The number of aliphatic hydroxyl groups excluding tert-OH is 4. The number of rotatable bonds is 6. The van der Waals surface area contributed by atoms with Crippen LogP contribution < -0.4 is 0 Å². The Bertz CT molecular complexity index is 909. The molecule has 0 unspecified atom stereocenters. The van der Waals surface area contributed by atoms with Gasteiger partial charge in [0.2, 0.25) is 0 Å². The third kappa shape index (κ3) is 4.54. The van der Waals surface area contributed by atoms with Gasteiger partial charge in [-0.2, -0.15) is 5.26 Å². The van der Waals surface area contributed by atoms with E-state index in [0.29, 0.717) is 17.5 Å². The lowest BCUT2D eigenvalue weighted by atomic mass is 9.89. The lowest BCUT2D eigenvalue weighted by Crippen LogP contribution is -2.55. The Morgan fingerprint density at radius 3 is 2.27 bits per heavy atom. The highest BCUT2D eigenvalue weighted by atomic mass is 32.2. The summed E-state index contributed by atoms with van der Waals surface area (Å²) in [5, 5.41) is 50.0. The predicted octanol–water partition coefficient (Wildman–Crippen LogP) is 1.95. The molecule has 160 valence electrons. The fourth-order valence-corrected chi connectivity index (χ4v) is 4.41. The second kappa shape index (κ2) is 9.92. The standard InChI is InChI=1S/C23H27NO5S/c1-3-13-4-6-14(7-5-13)8-15-9-16(10-19(30-2)17(15)11-24)23-22(28)21(27)20(26)18(12-25)29-23/h4-7,9-10,18,20-23,25-28H,3,8,12H2,1-2H3/t18-,20-,21+,22-,23+/m1/s1. The molecule has 2 aromatic rings. The van der Waals surface area contributed by atoms with Crippen LogP contribution >= 0.6 is 11.8 Å². The van der Waals surface area contributed by atoms with Crippen molar-refractivity contribution in [2.24, 2.45) is 0 Å². The second-order valence-electron chi connectivity index (χ2n) is 7.47. The van der Waals surface area contributed by atoms with Gasteiger partial charge in [0.05, 0.1) is 12.2 Å². The summed E-state index contributed by atoms with van der Waals surface area (Å²) in [6.07, 6.45) is -2.77. The third-order valence-electron chi connectivity index (χ3n) is 5.58. The molecule has 0 saturated carbocycles. The SMILES string of the molecule is CCc1ccc(Cc2cc([C@@H]3O[C@H](CO)[C@@H](O)[C@H](O)[C@H]3O)cc(SC)c2C#N)cc1. The Labute approximate surface area is 180 Å². The van der Waals surface area contributed by atoms with Gasteiger partial charge in [0, 0.05) is 4.90 Å². The van der Waals surface area contributed by atoms with Crippen LogP contribution in [0.5, 0.6) is 0 Å². The van der Waals surface area contributed by atoms with Crippen molar-refractivity contribution in [3.05, 3.63) is 64.2 Å². The third-order valence-corrected chi connectivity index (χ3v) is 6.35. The predicted molar refractivity (Wildman–Crippen MR) is 114 cm³/mol. The van der Waals surface area contributed by atoms with E-state index in [-0.39, 0.29) is 0 Å². The number of thioether (sulfide) groups is 1.